The predicted octanol–water partition coefficient (Wildman–Crippen LogP) is 2.12. The fourth-order valence-corrected chi connectivity index (χ4v) is 1.74. The summed E-state index contributed by atoms with van der Waals surface area (Å²) >= 11 is 0. The number of carbonyl (C=O) groups is 1. The molecule has 0 aliphatic heterocycles. The molecule has 112 valence electrons. The first-order valence-electron chi connectivity index (χ1n) is 6.69. The molecule has 0 saturated carbocycles. The first-order chi connectivity index (χ1) is 9.44. The molecular weight excluding hydrogens is 261 g/mol. The molecule has 0 heterocycles. The van der Waals surface area contributed by atoms with E-state index in [4.69, 9.17) is 9.84 Å². The lowest BCUT2D eigenvalue weighted by Crippen LogP contribution is -2.36. The Kier molecular flexibility index (Phi) is 6.45. The molecule has 0 bridgehead atoms. The van der Waals surface area contributed by atoms with Crippen LogP contribution >= 0.6 is 0 Å². The third-order valence-electron chi connectivity index (χ3n) is 2.97. The molecule has 0 fully saturated rings. The number of nitrogens with one attached hydrogen (secondary N) is 1. The first-order valence-corrected chi connectivity index (χ1v) is 6.69. The summed E-state index contributed by atoms with van der Waals surface area (Å²) in [5.41, 5.74) is -0.0869. The van der Waals surface area contributed by atoms with Crippen LogP contribution in [0.25, 0.3) is 0 Å². The number of carbonyl (C=O) groups excluding carboxylic acids is 1. The van der Waals surface area contributed by atoms with Gasteiger partial charge in [0.2, 0.25) is 0 Å². The van der Waals surface area contributed by atoms with E-state index in [0.717, 1.165) is 6.42 Å². The standard InChI is InChI=1S/C15H22FNO3/c1-15(2,8-5-9-18)11-17-14(19)10-20-13-7-4-3-6-12(13)16/h3-4,6-7,18H,5,8-11H2,1-2H3,(H,17,19). The van der Waals surface area contributed by atoms with Crippen molar-refractivity contribution in [1.82, 2.24) is 5.32 Å². The number of para-hydroxylation sites is 1. The van der Waals surface area contributed by atoms with Gasteiger partial charge in [0.25, 0.3) is 5.91 Å². The zero-order valence-corrected chi connectivity index (χ0v) is 12.0. The van der Waals surface area contributed by atoms with E-state index in [2.05, 4.69) is 5.32 Å². The van der Waals surface area contributed by atoms with E-state index >= 15 is 0 Å². The van der Waals surface area contributed by atoms with Crippen molar-refractivity contribution in [3.63, 3.8) is 0 Å². The molecule has 20 heavy (non-hydrogen) atoms. The normalized spacial score (nSPS) is 11.2. The summed E-state index contributed by atoms with van der Waals surface area (Å²) < 4.78 is 18.4. The van der Waals surface area contributed by atoms with Crippen LogP contribution in [0.15, 0.2) is 24.3 Å². The number of ether oxygens (including phenoxy) is 1. The second kappa shape index (κ2) is 7.85. The number of aliphatic hydroxyl groups excluding tert-OH is 1. The fraction of sp³-hybridized carbons (Fsp3) is 0.533. The largest absolute Gasteiger partial charge is 0.481 e. The molecule has 5 heteroatoms. The minimum absolute atomic E-state index is 0.0715. The van der Waals surface area contributed by atoms with Crippen LogP contribution in [0.5, 0.6) is 5.75 Å². The van der Waals surface area contributed by atoms with Crippen LogP contribution in [0, 0.1) is 11.2 Å². The third kappa shape index (κ3) is 6.02. The van der Waals surface area contributed by atoms with E-state index in [-0.39, 0.29) is 30.3 Å². The molecule has 0 aliphatic rings. The van der Waals surface area contributed by atoms with E-state index in [9.17, 15) is 9.18 Å². The topological polar surface area (TPSA) is 58.6 Å². The number of hydrogen-bond acceptors (Lipinski definition) is 3. The second-order valence-electron chi connectivity index (χ2n) is 5.49. The predicted molar refractivity (Wildman–Crippen MR) is 75.0 cm³/mol. The average Bonchev–Trinajstić information content (AvgIpc) is 2.42. The van der Waals surface area contributed by atoms with E-state index in [0.29, 0.717) is 13.0 Å². The van der Waals surface area contributed by atoms with E-state index < -0.39 is 5.82 Å². The Morgan fingerprint density at radius 1 is 1.40 bits per heavy atom. The van der Waals surface area contributed by atoms with Crippen molar-refractivity contribution in [2.75, 3.05) is 19.8 Å². The maximum absolute atomic E-state index is 13.3. The molecular formula is C15H22FNO3. The van der Waals surface area contributed by atoms with Crippen LogP contribution < -0.4 is 10.1 Å². The van der Waals surface area contributed by atoms with Crippen LogP contribution in [-0.4, -0.2) is 30.8 Å². The minimum Gasteiger partial charge on any atom is -0.481 e. The van der Waals surface area contributed by atoms with Crippen molar-refractivity contribution in [3.8, 4) is 5.75 Å². The zero-order chi connectivity index (χ0) is 15.0. The Hall–Kier alpha value is -1.62. The van der Waals surface area contributed by atoms with Gasteiger partial charge in [-0.25, -0.2) is 4.39 Å². The maximum Gasteiger partial charge on any atom is 0.257 e. The summed E-state index contributed by atoms with van der Waals surface area (Å²) in [5.74, 6) is -0.698. The fourth-order valence-electron chi connectivity index (χ4n) is 1.74. The Morgan fingerprint density at radius 2 is 2.10 bits per heavy atom. The molecule has 0 spiro atoms. The van der Waals surface area contributed by atoms with Gasteiger partial charge < -0.3 is 15.2 Å². The highest BCUT2D eigenvalue weighted by atomic mass is 19.1. The van der Waals surface area contributed by atoms with E-state index in [1.165, 1.54) is 12.1 Å². The summed E-state index contributed by atoms with van der Waals surface area (Å²) in [6, 6.07) is 5.97. The lowest BCUT2D eigenvalue weighted by molar-refractivity contribution is -0.123. The van der Waals surface area contributed by atoms with Crippen molar-refractivity contribution in [2.45, 2.75) is 26.7 Å². The van der Waals surface area contributed by atoms with Gasteiger partial charge in [-0.2, -0.15) is 0 Å². The highest BCUT2D eigenvalue weighted by molar-refractivity contribution is 5.77. The van der Waals surface area contributed by atoms with Crippen LogP contribution in [0.4, 0.5) is 4.39 Å². The van der Waals surface area contributed by atoms with Gasteiger partial charge in [-0.05, 0) is 30.4 Å². The lowest BCUT2D eigenvalue weighted by Gasteiger charge is -2.24. The van der Waals surface area contributed by atoms with Crippen molar-refractivity contribution >= 4 is 5.91 Å². The molecule has 1 aromatic carbocycles. The number of halogens is 1. The van der Waals surface area contributed by atoms with E-state index in [1.807, 2.05) is 13.8 Å². The number of benzene rings is 1. The van der Waals surface area contributed by atoms with Gasteiger partial charge >= 0.3 is 0 Å². The van der Waals surface area contributed by atoms with Crippen LogP contribution in [0.2, 0.25) is 0 Å². The number of rotatable bonds is 8. The van der Waals surface area contributed by atoms with E-state index in [1.54, 1.807) is 12.1 Å². The van der Waals surface area contributed by atoms with Crippen LogP contribution in [0.1, 0.15) is 26.7 Å². The molecule has 0 atom stereocenters. The van der Waals surface area contributed by atoms with Crippen molar-refractivity contribution < 1.29 is 19.0 Å². The highest BCUT2D eigenvalue weighted by Crippen LogP contribution is 2.20. The van der Waals surface area contributed by atoms with Crippen molar-refractivity contribution in [2.24, 2.45) is 5.41 Å². The van der Waals surface area contributed by atoms with Gasteiger partial charge in [0.15, 0.2) is 18.2 Å². The summed E-state index contributed by atoms with van der Waals surface area (Å²) in [5, 5.41) is 11.6. The van der Waals surface area contributed by atoms with Gasteiger partial charge in [-0.3, -0.25) is 4.79 Å². The van der Waals surface area contributed by atoms with Crippen molar-refractivity contribution in [3.05, 3.63) is 30.1 Å². The third-order valence-corrected chi connectivity index (χ3v) is 2.97. The summed E-state index contributed by atoms with van der Waals surface area (Å²) in [4.78, 5) is 11.6. The van der Waals surface area contributed by atoms with Gasteiger partial charge in [0.05, 0.1) is 0 Å². The van der Waals surface area contributed by atoms with Crippen LogP contribution in [0.3, 0.4) is 0 Å². The highest BCUT2D eigenvalue weighted by Gasteiger charge is 2.18. The molecule has 1 amide bonds. The number of amides is 1. The summed E-state index contributed by atoms with van der Waals surface area (Å²) in [6.45, 7) is 4.46. The summed E-state index contributed by atoms with van der Waals surface area (Å²) in [7, 11) is 0. The number of aliphatic hydroxyl groups is 1. The molecule has 4 nitrogen and oxygen atoms in total. The molecule has 0 aromatic heterocycles. The SMILES string of the molecule is CC(C)(CCCO)CNC(=O)COc1ccccc1F. The molecule has 0 unspecified atom stereocenters. The zero-order valence-electron chi connectivity index (χ0n) is 12.0. The van der Waals surface area contributed by atoms with Gasteiger partial charge in [-0.1, -0.05) is 26.0 Å². The molecule has 0 aliphatic carbocycles. The molecule has 2 N–H and O–H groups in total. The van der Waals surface area contributed by atoms with Gasteiger partial charge in [0.1, 0.15) is 0 Å². The smallest absolute Gasteiger partial charge is 0.257 e. The second-order valence-corrected chi connectivity index (χ2v) is 5.49. The lowest BCUT2D eigenvalue weighted by atomic mass is 9.88. The Bertz CT molecular complexity index is 435. The Balaban J connectivity index is 2.32. The summed E-state index contributed by atoms with van der Waals surface area (Å²) in [6.07, 6.45) is 1.52. The Labute approximate surface area is 119 Å². The first kappa shape index (κ1) is 16.4. The quantitative estimate of drug-likeness (QED) is 0.768. The molecule has 1 aromatic rings. The maximum atomic E-state index is 13.3. The minimum atomic E-state index is -0.483. The molecule has 0 radical (unpaired) electrons. The Morgan fingerprint density at radius 3 is 2.75 bits per heavy atom. The number of hydrogen-bond donors (Lipinski definition) is 2. The van der Waals surface area contributed by atoms with Gasteiger partial charge in [-0.15, -0.1) is 0 Å². The van der Waals surface area contributed by atoms with Crippen LogP contribution in [-0.2, 0) is 4.79 Å². The molecule has 0 saturated heterocycles. The monoisotopic (exact) mass is 283 g/mol. The molecule has 1 rings (SSSR count). The average molecular weight is 283 g/mol. The van der Waals surface area contributed by atoms with Gasteiger partial charge in [0, 0.05) is 13.2 Å². The van der Waals surface area contributed by atoms with Crippen molar-refractivity contribution in [1.29, 1.82) is 0 Å².